The van der Waals surface area contributed by atoms with E-state index >= 15 is 0 Å². The first-order valence-corrected chi connectivity index (χ1v) is 14.5. The molecule has 3 amide bonds. The fourth-order valence-corrected chi connectivity index (χ4v) is 5.65. The monoisotopic (exact) mass is 570 g/mol. The second kappa shape index (κ2) is 13.6. The average molecular weight is 571 g/mol. The Labute approximate surface area is 245 Å². The predicted molar refractivity (Wildman–Crippen MR) is 161 cm³/mol. The molecule has 0 saturated carbocycles. The smallest absolute Gasteiger partial charge is 0.326 e. The lowest BCUT2D eigenvalue weighted by Gasteiger charge is -2.40. The van der Waals surface area contributed by atoms with Crippen LogP contribution in [0.15, 0.2) is 42.0 Å². The van der Waals surface area contributed by atoms with Crippen LogP contribution in [-0.4, -0.2) is 83.4 Å². The SMILES string of the molecule is CN[C@H](C(=O)N[C@H](C(=O)N(C)[C@H](/C=C(\C)C(=O)N1CCC[C@@H]1C(=O)O)C(C)C)C(C)(C)C)C(C)(C)c1ccccc1. The number of nitrogens with zero attached hydrogens (tertiary/aromatic N) is 2. The van der Waals surface area contributed by atoms with E-state index in [1.807, 2.05) is 78.8 Å². The third-order valence-electron chi connectivity index (χ3n) is 8.22. The van der Waals surface area contributed by atoms with Crippen molar-refractivity contribution in [2.75, 3.05) is 20.6 Å². The van der Waals surface area contributed by atoms with Crippen LogP contribution in [-0.2, 0) is 24.6 Å². The van der Waals surface area contributed by atoms with Crippen molar-refractivity contribution in [2.45, 2.75) is 97.8 Å². The Hall–Kier alpha value is -3.20. The van der Waals surface area contributed by atoms with Crippen molar-refractivity contribution in [1.82, 2.24) is 20.4 Å². The maximum Gasteiger partial charge on any atom is 0.326 e. The molecule has 2 rings (SSSR count). The molecule has 1 aliphatic heterocycles. The van der Waals surface area contributed by atoms with Crippen molar-refractivity contribution in [3.63, 3.8) is 0 Å². The van der Waals surface area contributed by atoms with Crippen LogP contribution in [0.3, 0.4) is 0 Å². The second-order valence-corrected chi connectivity index (χ2v) is 13.1. The second-order valence-electron chi connectivity index (χ2n) is 13.1. The van der Waals surface area contributed by atoms with Crippen molar-refractivity contribution in [3.8, 4) is 0 Å². The molecule has 1 aliphatic rings. The summed E-state index contributed by atoms with van der Waals surface area (Å²) < 4.78 is 0. The first-order valence-electron chi connectivity index (χ1n) is 14.5. The molecule has 1 fully saturated rings. The summed E-state index contributed by atoms with van der Waals surface area (Å²) in [7, 11) is 3.43. The van der Waals surface area contributed by atoms with Gasteiger partial charge in [-0.2, -0.15) is 0 Å². The summed E-state index contributed by atoms with van der Waals surface area (Å²) in [5.41, 5.74) is 0.240. The van der Waals surface area contributed by atoms with E-state index in [1.54, 1.807) is 32.0 Å². The zero-order chi connectivity index (χ0) is 31.3. The average Bonchev–Trinajstić information content (AvgIpc) is 3.39. The maximum absolute atomic E-state index is 14.0. The highest BCUT2D eigenvalue weighted by molar-refractivity contribution is 5.96. The zero-order valence-electron chi connectivity index (χ0n) is 26.4. The van der Waals surface area contributed by atoms with Crippen LogP contribution < -0.4 is 10.6 Å². The van der Waals surface area contributed by atoms with Crippen molar-refractivity contribution < 1.29 is 24.3 Å². The third-order valence-corrected chi connectivity index (χ3v) is 8.22. The van der Waals surface area contributed by atoms with Gasteiger partial charge in [0.15, 0.2) is 0 Å². The number of carboxylic acid groups (broad SMARTS) is 1. The van der Waals surface area contributed by atoms with Gasteiger partial charge < -0.3 is 25.5 Å². The van der Waals surface area contributed by atoms with E-state index in [1.165, 1.54) is 4.90 Å². The molecule has 0 aromatic heterocycles. The number of benzene rings is 1. The van der Waals surface area contributed by atoms with E-state index in [2.05, 4.69) is 10.6 Å². The van der Waals surface area contributed by atoms with Gasteiger partial charge in [0.2, 0.25) is 17.7 Å². The molecule has 0 bridgehead atoms. The highest BCUT2D eigenvalue weighted by atomic mass is 16.4. The van der Waals surface area contributed by atoms with E-state index in [4.69, 9.17) is 0 Å². The molecule has 4 atom stereocenters. The molecule has 0 spiro atoms. The van der Waals surface area contributed by atoms with Crippen molar-refractivity contribution in [3.05, 3.63) is 47.5 Å². The zero-order valence-corrected chi connectivity index (χ0v) is 26.4. The summed E-state index contributed by atoms with van der Waals surface area (Å²) in [6.45, 7) is 15.7. The highest BCUT2D eigenvalue weighted by Crippen LogP contribution is 2.29. The Balaban J connectivity index is 2.33. The lowest BCUT2D eigenvalue weighted by atomic mass is 9.76. The van der Waals surface area contributed by atoms with Gasteiger partial charge in [-0.25, -0.2) is 4.79 Å². The van der Waals surface area contributed by atoms with Crippen LogP contribution >= 0.6 is 0 Å². The fourth-order valence-electron chi connectivity index (χ4n) is 5.65. The number of amides is 3. The molecule has 0 aliphatic carbocycles. The predicted octanol–water partition coefficient (Wildman–Crippen LogP) is 3.59. The van der Waals surface area contributed by atoms with Crippen LogP contribution in [0.4, 0.5) is 0 Å². The van der Waals surface area contributed by atoms with Crippen molar-refractivity contribution in [1.29, 1.82) is 0 Å². The van der Waals surface area contributed by atoms with E-state index in [9.17, 15) is 24.3 Å². The lowest BCUT2D eigenvalue weighted by molar-refractivity contribution is -0.146. The number of likely N-dealkylation sites (tertiary alicyclic amines) is 1. The lowest BCUT2D eigenvalue weighted by Crippen LogP contribution is -2.61. The Kier molecular flexibility index (Phi) is 11.3. The largest absolute Gasteiger partial charge is 0.480 e. The van der Waals surface area contributed by atoms with Gasteiger partial charge in [0.25, 0.3) is 0 Å². The van der Waals surface area contributed by atoms with Crippen LogP contribution in [0, 0.1) is 11.3 Å². The Morgan fingerprint density at radius 3 is 2.12 bits per heavy atom. The molecule has 1 heterocycles. The van der Waals surface area contributed by atoms with Gasteiger partial charge in [-0.05, 0) is 43.7 Å². The van der Waals surface area contributed by atoms with Crippen LogP contribution in [0.1, 0.15) is 73.8 Å². The van der Waals surface area contributed by atoms with Gasteiger partial charge in [0.1, 0.15) is 12.1 Å². The third kappa shape index (κ3) is 7.97. The minimum Gasteiger partial charge on any atom is -0.480 e. The minimum absolute atomic E-state index is 0.0426. The van der Waals surface area contributed by atoms with E-state index in [-0.39, 0.29) is 23.6 Å². The van der Waals surface area contributed by atoms with Crippen LogP contribution in [0.2, 0.25) is 0 Å². The summed E-state index contributed by atoms with van der Waals surface area (Å²) in [6.07, 6.45) is 2.82. The van der Waals surface area contributed by atoms with E-state index < -0.39 is 41.0 Å². The number of carboxylic acids is 1. The molecule has 9 nitrogen and oxygen atoms in total. The molecule has 1 saturated heterocycles. The molecule has 9 heteroatoms. The van der Waals surface area contributed by atoms with Crippen LogP contribution in [0.5, 0.6) is 0 Å². The first-order chi connectivity index (χ1) is 18.9. The van der Waals surface area contributed by atoms with Gasteiger partial charge in [0.05, 0.1) is 12.1 Å². The maximum atomic E-state index is 14.0. The van der Waals surface area contributed by atoms with Gasteiger partial charge >= 0.3 is 5.97 Å². The summed E-state index contributed by atoms with van der Waals surface area (Å²) >= 11 is 0. The topological polar surface area (TPSA) is 119 Å². The quantitative estimate of drug-likeness (QED) is 0.350. The number of carbonyl (C=O) groups excluding carboxylic acids is 3. The molecule has 228 valence electrons. The normalized spacial score (nSPS) is 18.6. The number of hydrogen-bond acceptors (Lipinski definition) is 5. The molecular formula is C32H50N4O5. The van der Waals surface area contributed by atoms with Crippen LogP contribution in [0.25, 0.3) is 0 Å². The van der Waals surface area contributed by atoms with E-state index in [0.717, 1.165) is 5.56 Å². The summed E-state index contributed by atoms with van der Waals surface area (Å²) in [5, 5.41) is 15.7. The van der Waals surface area contributed by atoms with Gasteiger partial charge in [-0.3, -0.25) is 14.4 Å². The van der Waals surface area contributed by atoms with Gasteiger partial charge in [-0.1, -0.05) is 84.9 Å². The van der Waals surface area contributed by atoms with Gasteiger partial charge in [0, 0.05) is 24.6 Å². The number of aliphatic carboxylic acids is 1. The molecular weight excluding hydrogens is 520 g/mol. The Morgan fingerprint density at radius 1 is 1.05 bits per heavy atom. The Morgan fingerprint density at radius 2 is 1.63 bits per heavy atom. The Bertz CT molecular complexity index is 1120. The van der Waals surface area contributed by atoms with E-state index in [0.29, 0.717) is 25.0 Å². The molecule has 0 radical (unpaired) electrons. The number of hydrogen-bond donors (Lipinski definition) is 3. The molecule has 41 heavy (non-hydrogen) atoms. The molecule has 1 aromatic carbocycles. The summed E-state index contributed by atoms with van der Waals surface area (Å²) in [4.78, 5) is 55.6. The van der Waals surface area contributed by atoms with Crippen molar-refractivity contribution >= 4 is 23.7 Å². The summed E-state index contributed by atoms with van der Waals surface area (Å²) in [6, 6.07) is 7.08. The van der Waals surface area contributed by atoms with Crippen molar-refractivity contribution in [2.24, 2.45) is 11.3 Å². The number of carbonyl (C=O) groups is 4. The molecule has 1 aromatic rings. The number of nitrogens with one attached hydrogen (secondary N) is 2. The highest BCUT2D eigenvalue weighted by Gasteiger charge is 2.42. The molecule has 3 N–H and O–H groups in total. The standard InChI is InChI=1S/C32H50N4O5/c1-20(2)24(19-21(3)28(38)36-18-14-17-23(36)30(40)41)35(10)29(39)26(31(4,5)6)34-27(37)25(33-9)32(7,8)22-15-12-11-13-16-22/h11-13,15-16,19-20,23-26,33H,14,17-18H2,1-10H3,(H,34,37)(H,40,41)/b21-19+/t23-,24-,25-,26-/m1/s1. The fraction of sp³-hybridized carbons (Fsp3) is 0.625. The summed E-state index contributed by atoms with van der Waals surface area (Å²) in [5.74, 6) is -1.92. The number of rotatable bonds is 11. The first kappa shape index (κ1) is 34.0. The minimum atomic E-state index is -1.00. The van der Waals surface area contributed by atoms with Gasteiger partial charge in [-0.15, -0.1) is 0 Å². The molecule has 0 unspecified atom stereocenters. The number of likely N-dealkylation sites (N-methyl/N-ethyl adjacent to an activating group) is 2.